The third-order valence-corrected chi connectivity index (χ3v) is 6.05. The predicted octanol–water partition coefficient (Wildman–Crippen LogP) is 5.92. The normalized spacial score (nSPS) is 10.8. The Hall–Kier alpha value is -3.75. The van der Waals surface area contributed by atoms with E-state index in [0.29, 0.717) is 27.8 Å². The fourth-order valence-electron chi connectivity index (χ4n) is 3.10. The molecule has 7 nitrogen and oxygen atoms in total. The molecule has 9 heteroatoms. The molecule has 1 aromatic heterocycles. The van der Waals surface area contributed by atoms with Crippen LogP contribution in [0.2, 0.25) is 5.02 Å². The molecular formula is C26H23ClN2O5S. The first-order valence-electron chi connectivity index (χ1n) is 10.4. The van der Waals surface area contributed by atoms with Crippen molar-refractivity contribution in [2.45, 2.75) is 6.92 Å². The molecule has 0 radical (unpaired) electrons. The van der Waals surface area contributed by atoms with Crippen molar-refractivity contribution in [2.75, 3.05) is 18.1 Å². The largest absolute Gasteiger partial charge is 0.478 e. The average Bonchev–Trinajstić information content (AvgIpc) is 3.30. The molecule has 0 aliphatic carbocycles. The number of carboxylic acid groups (broad SMARTS) is 1. The number of carbonyl (C=O) groups is 3. The van der Waals surface area contributed by atoms with E-state index in [0.717, 1.165) is 5.56 Å². The van der Waals surface area contributed by atoms with E-state index in [1.54, 1.807) is 42.7 Å². The Balaban J connectivity index is 1.73. The molecule has 3 aromatic rings. The number of nitrogens with zero attached hydrogens (tertiary/aromatic N) is 1. The second-order valence-electron chi connectivity index (χ2n) is 7.44. The van der Waals surface area contributed by atoms with Crippen molar-refractivity contribution >= 4 is 52.9 Å². The molecule has 0 aliphatic heterocycles. The van der Waals surface area contributed by atoms with Crippen LogP contribution in [0, 0.1) is 6.92 Å². The number of benzene rings is 2. The van der Waals surface area contributed by atoms with Gasteiger partial charge in [0.2, 0.25) is 5.91 Å². The lowest BCUT2D eigenvalue weighted by Crippen LogP contribution is -2.35. The fraction of sp³-hybridized carbons (Fsp3) is 0.115. The van der Waals surface area contributed by atoms with E-state index in [2.05, 4.69) is 11.9 Å². The zero-order chi connectivity index (χ0) is 25.5. The third kappa shape index (κ3) is 6.65. The van der Waals surface area contributed by atoms with Crippen molar-refractivity contribution in [3.8, 4) is 11.3 Å². The number of carboxylic acids is 1. The molecule has 0 atom stereocenters. The number of aromatic carboxylic acids is 1. The van der Waals surface area contributed by atoms with Crippen LogP contribution < -0.4 is 5.32 Å². The summed E-state index contributed by atoms with van der Waals surface area (Å²) in [5, 5.41) is 12.5. The minimum Gasteiger partial charge on any atom is -0.478 e. The van der Waals surface area contributed by atoms with Crippen LogP contribution in [0.1, 0.15) is 21.7 Å². The van der Waals surface area contributed by atoms with E-state index in [1.165, 1.54) is 34.9 Å². The van der Waals surface area contributed by atoms with Crippen molar-refractivity contribution in [2.24, 2.45) is 0 Å². The van der Waals surface area contributed by atoms with E-state index in [4.69, 9.17) is 16.0 Å². The van der Waals surface area contributed by atoms with Crippen molar-refractivity contribution in [1.29, 1.82) is 0 Å². The van der Waals surface area contributed by atoms with Crippen LogP contribution in [0.15, 0.2) is 76.7 Å². The molecule has 180 valence electrons. The summed E-state index contributed by atoms with van der Waals surface area (Å²) < 4.78 is 5.73. The molecule has 0 unspecified atom stereocenters. The number of hydrogen-bond acceptors (Lipinski definition) is 5. The second kappa shape index (κ2) is 11.6. The van der Waals surface area contributed by atoms with Crippen LogP contribution in [-0.4, -0.2) is 40.6 Å². The Morgan fingerprint density at radius 3 is 2.51 bits per heavy atom. The molecule has 1 heterocycles. The molecule has 3 rings (SSSR count). The number of aryl methyl sites for hydroxylation is 1. The van der Waals surface area contributed by atoms with Gasteiger partial charge in [-0.05, 0) is 55.7 Å². The van der Waals surface area contributed by atoms with Gasteiger partial charge in [-0.15, -0.1) is 11.8 Å². The van der Waals surface area contributed by atoms with Gasteiger partial charge in [0.25, 0.3) is 5.91 Å². The van der Waals surface area contributed by atoms with Gasteiger partial charge in [-0.2, -0.15) is 0 Å². The summed E-state index contributed by atoms with van der Waals surface area (Å²) in [5.41, 5.74) is 2.08. The Morgan fingerprint density at radius 1 is 1.14 bits per heavy atom. The number of carbonyl (C=O) groups excluding carboxylic acids is 2. The first-order chi connectivity index (χ1) is 16.7. The summed E-state index contributed by atoms with van der Waals surface area (Å²) in [7, 11) is 0. The Bertz CT molecular complexity index is 1300. The molecule has 0 aliphatic rings. The van der Waals surface area contributed by atoms with Gasteiger partial charge >= 0.3 is 5.97 Å². The molecule has 2 aromatic carbocycles. The first-order valence-corrected chi connectivity index (χ1v) is 12.0. The first kappa shape index (κ1) is 25.9. The number of halogens is 1. The van der Waals surface area contributed by atoms with Crippen LogP contribution in [0.3, 0.4) is 0 Å². The molecule has 35 heavy (non-hydrogen) atoms. The van der Waals surface area contributed by atoms with Gasteiger partial charge in [0, 0.05) is 17.3 Å². The highest BCUT2D eigenvalue weighted by Crippen LogP contribution is 2.32. The van der Waals surface area contributed by atoms with E-state index >= 15 is 0 Å². The van der Waals surface area contributed by atoms with Gasteiger partial charge in [-0.3, -0.25) is 14.5 Å². The lowest BCUT2D eigenvalue weighted by atomic mass is 10.1. The van der Waals surface area contributed by atoms with Gasteiger partial charge in [-0.25, -0.2) is 4.79 Å². The molecule has 0 saturated carbocycles. The van der Waals surface area contributed by atoms with Gasteiger partial charge in [-0.1, -0.05) is 41.9 Å². The highest BCUT2D eigenvalue weighted by Gasteiger charge is 2.19. The topological polar surface area (TPSA) is 99.9 Å². The maximum atomic E-state index is 12.9. The van der Waals surface area contributed by atoms with Gasteiger partial charge in [0.05, 0.1) is 15.6 Å². The number of rotatable bonds is 9. The maximum Gasteiger partial charge on any atom is 0.337 e. The summed E-state index contributed by atoms with van der Waals surface area (Å²) in [4.78, 5) is 38.0. The van der Waals surface area contributed by atoms with Gasteiger partial charge in [0.15, 0.2) is 0 Å². The Morgan fingerprint density at radius 2 is 1.86 bits per heavy atom. The number of furan rings is 1. The van der Waals surface area contributed by atoms with E-state index in [1.807, 2.05) is 19.1 Å². The van der Waals surface area contributed by atoms with Gasteiger partial charge in [0.1, 0.15) is 18.1 Å². The third-order valence-electron chi connectivity index (χ3n) is 4.95. The molecule has 2 N–H and O–H groups in total. The lowest BCUT2D eigenvalue weighted by molar-refractivity contribution is -0.128. The minimum absolute atomic E-state index is 0.0389. The summed E-state index contributed by atoms with van der Waals surface area (Å²) in [6, 6.07) is 15.2. The lowest BCUT2D eigenvalue weighted by Gasteiger charge is -2.21. The number of thioether (sulfide) groups is 1. The van der Waals surface area contributed by atoms with Crippen LogP contribution in [0.4, 0.5) is 5.69 Å². The van der Waals surface area contributed by atoms with Gasteiger partial charge < -0.3 is 14.8 Å². The number of anilines is 1. The molecule has 0 fully saturated rings. The molecule has 0 spiro atoms. The van der Waals surface area contributed by atoms with Crippen molar-refractivity contribution in [1.82, 2.24) is 4.90 Å². The molecule has 0 bridgehead atoms. The highest BCUT2D eigenvalue weighted by atomic mass is 35.5. The average molecular weight is 511 g/mol. The van der Waals surface area contributed by atoms with E-state index in [9.17, 15) is 19.5 Å². The van der Waals surface area contributed by atoms with Crippen LogP contribution in [0.25, 0.3) is 17.4 Å². The monoisotopic (exact) mass is 510 g/mol. The highest BCUT2D eigenvalue weighted by molar-refractivity contribution is 8.02. The SMILES string of the molecule is C=C(SC)N(CC(=O)Nc1ccc(C)cc1)C(=O)/C=C/c1ccc(-c2cccc(C(=O)O)c2Cl)o1. The summed E-state index contributed by atoms with van der Waals surface area (Å²) in [6.45, 7) is 5.60. The second-order valence-corrected chi connectivity index (χ2v) is 8.70. The zero-order valence-corrected chi connectivity index (χ0v) is 20.7. The van der Waals surface area contributed by atoms with Crippen molar-refractivity contribution < 1.29 is 23.9 Å². The van der Waals surface area contributed by atoms with Crippen molar-refractivity contribution in [3.63, 3.8) is 0 Å². The minimum atomic E-state index is -1.14. The number of hydrogen-bond donors (Lipinski definition) is 2. The summed E-state index contributed by atoms with van der Waals surface area (Å²) in [5.74, 6) is -1.25. The van der Waals surface area contributed by atoms with Crippen LogP contribution >= 0.6 is 23.4 Å². The fourth-order valence-corrected chi connectivity index (χ4v) is 3.77. The quantitative estimate of drug-likeness (QED) is 0.346. The van der Waals surface area contributed by atoms with E-state index < -0.39 is 11.9 Å². The Kier molecular flexibility index (Phi) is 8.57. The predicted molar refractivity (Wildman–Crippen MR) is 139 cm³/mol. The molecule has 2 amide bonds. The van der Waals surface area contributed by atoms with Crippen LogP contribution in [-0.2, 0) is 9.59 Å². The summed E-state index contributed by atoms with van der Waals surface area (Å²) in [6.07, 6.45) is 4.50. The maximum absolute atomic E-state index is 12.9. The Labute approximate surface area is 212 Å². The smallest absolute Gasteiger partial charge is 0.337 e. The zero-order valence-electron chi connectivity index (χ0n) is 19.1. The molecular weight excluding hydrogens is 488 g/mol. The van der Waals surface area contributed by atoms with Crippen LogP contribution in [0.5, 0.6) is 0 Å². The van der Waals surface area contributed by atoms with Crippen molar-refractivity contribution in [3.05, 3.63) is 94.2 Å². The standard InChI is InChI=1S/C26H23ClN2O5S/c1-16-7-9-18(10-8-16)28-23(30)15-29(17(2)35-3)24(31)14-12-19-11-13-22(34-19)20-5-4-6-21(25(20)27)26(32)33/h4-14H,2,15H2,1,3H3,(H,28,30)(H,32,33)/b14-12+. The molecule has 0 saturated heterocycles. The van der Waals surface area contributed by atoms with E-state index in [-0.39, 0.29) is 23.0 Å². The number of nitrogens with one attached hydrogen (secondary N) is 1. The summed E-state index contributed by atoms with van der Waals surface area (Å²) >= 11 is 7.46. The number of amides is 2.